The Labute approximate surface area is 213 Å². The largest absolute Gasteiger partial charge is 0.486 e. The SMILES string of the molecule is COc1nc2ccc(C(O)(c3ccc(C)nc3C)c3cnnn3C)cc2c(Cl)c1OCCS(C)(=O)=O. The number of rotatable bonds is 8. The second-order valence-electron chi connectivity index (χ2n) is 8.51. The molecule has 36 heavy (non-hydrogen) atoms. The average molecular weight is 532 g/mol. The van der Waals surface area contributed by atoms with Crippen LogP contribution >= 0.6 is 11.6 Å². The Hall–Kier alpha value is -3.28. The van der Waals surface area contributed by atoms with Crippen LogP contribution in [0.2, 0.25) is 5.02 Å². The number of ether oxygens (including phenoxy) is 2. The Kier molecular flexibility index (Phi) is 6.91. The Morgan fingerprint density at radius 2 is 1.92 bits per heavy atom. The van der Waals surface area contributed by atoms with Gasteiger partial charge in [0.25, 0.3) is 5.88 Å². The van der Waals surface area contributed by atoms with Crippen LogP contribution in [0.1, 0.15) is 28.2 Å². The Morgan fingerprint density at radius 3 is 2.53 bits per heavy atom. The summed E-state index contributed by atoms with van der Waals surface area (Å²) in [6.45, 7) is 3.58. The third-order valence-electron chi connectivity index (χ3n) is 5.86. The number of aliphatic hydroxyl groups is 1. The van der Waals surface area contributed by atoms with Gasteiger partial charge in [-0.15, -0.1) is 5.10 Å². The summed E-state index contributed by atoms with van der Waals surface area (Å²) in [5.74, 6) is 0.0436. The molecule has 0 saturated heterocycles. The number of nitrogens with zero attached hydrogens (tertiary/aromatic N) is 5. The minimum absolute atomic E-state index is 0.117. The van der Waals surface area contributed by atoms with Crippen molar-refractivity contribution in [2.24, 2.45) is 7.05 Å². The molecule has 0 aliphatic carbocycles. The molecule has 10 nitrogen and oxygen atoms in total. The zero-order chi connectivity index (χ0) is 26.3. The smallest absolute Gasteiger partial charge is 0.258 e. The van der Waals surface area contributed by atoms with Crippen LogP contribution in [0.15, 0.2) is 36.5 Å². The van der Waals surface area contributed by atoms with Crippen LogP contribution in [0.25, 0.3) is 10.9 Å². The zero-order valence-electron chi connectivity index (χ0n) is 20.5. The summed E-state index contributed by atoms with van der Waals surface area (Å²) in [6.07, 6.45) is 2.62. The standard InChI is InChI=1S/C24H26ClN5O5S/c1-14-6-8-18(15(2)27-14)24(31,20-13-26-29-30(20)3)16-7-9-19-17(12-16)21(25)22(23(28-19)34-4)35-10-11-36(5,32)33/h6-9,12-13,31H,10-11H2,1-5H3. The van der Waals surface area contributed by atoms with Crippen molar-refractivity contribution in [2.45, 2.75) is 19.4 Å². The predicted octanol–water partition coefficient (Wildman–Crippen LogP) is 2.74. The highest BCUT2D eigenvalue weighted by molar-refractivity contribution is 7.90. The molecule has 0 bridgehead atoms. The number of pyridine rings is 2. The summed E-state index contributed by atoms with van der Waals surface area (Å²) in [7, 11) is -0.132. The fourth-order valence-electron chi connectivity index (χ4n) is 4.10. The van der Waals surface area contributed by atoms with Crippen molar-refractivity contribution in [3.8, 4) is 11.6 Å². The maximum absolute atomic E-state index is 12.3. The molecule has 0 fully saturated rings. The van der Waals surface area contributed by atoms with E-state index in [1.54, 1.807) is 25.2 Å². The van der Waals surface area contributed by atoms with Gasteiger partial charge in [-0.1, -0.05) is 28.9 Å². The lowest BCUT2D eigenvalue weighted by atomic mass is 9.82. The molecular formula is C24H26ClN5O5S. The van der Waals surface area contributed by atoms with Crippen LogP contribution in [-0.2, 0) is 22.5 Å². The second kappa shape index (κ2) is 9.64. The summed E-state index contributed by atoms with van der Waals surface area (Å²) in [4.78, 5) is 9.01. The number of hydrogen-bond donors (Lipinski definition) is 1. The van der Waals surface area contributed by atoms with E-state index in [1.807, 2.05) is 26.0 Å². The molecule has 4 rings (SSSR count). The fraction of sp³-hybridized carbons (Fsp3) is 0.333. The van der Waals surface area contributed by atoms with Crippen molar-refractivity contribution < 1.29 is 23.0 Å². The minimum atomic E-state index is -3.24. The third kappa shape index (κ3) is 4.73. The zero-order valence-corrected chi connectivity index (χ0v) is 22.1. The van der Waals surface area contributed by atoms with E-state index < -0.39 is 15.4 Å². The van der Waals surface area contributed by atoms with E-state index in [9.17, 15) is 13.5 Å². The molecule has 4 aromatic rings. The van der Waals surface area contributed by atoms with Crippen molar-refractivity contribution in [1.29, 1.82) is 0 Å². The van der Waals surface area contributed by atoms with Crippen molar-refractivity contribution in [1.82, 2.24) is 25.0 Å². The molecule has 0 aliphatic rings. The third-order valence-corrected chi connectivity index (χ3v) is 7.14. The maximum Gasteiger partial charge on any atom is 0.258 e. The van der Waals surface area contributed by atoms with E-state index in [1.165, 1.54) is 18.0 Å². The number of fused-ring (bicyclic) bond motifs is 1. The number of hydrogen-bond acceptors (Lipinski definition) is 9. The second-order valence-corrected chi connectivity index (χ2v) is 11.2. The summed E-state index contributed by atoms with van der Waals surface area (Å²) >= 11 is 6.73. The molecule has 0 saturated carbocycles. The number of benzene rings is 1. The first-order chi connectivity index (χ1) is 17.0. The number of aromatic nitrogens is 5. The van der Waals surface area contributed by atoms with Crippen LogP contribution in [0.5, 0.6) is 11.6 Å². The number of sulfone groups is 1. The molecule has 0 aliphatic heterocycles. The van der Waals surface area contributed by atoms with Crippen LogP contribution in [0, 0.1) is 13.8 Å². The van der Waals surface area contributed by atoms with E-state index in [2.05, 4.69) is 20.3 Å². The van der Waals surface area contributed by atoms with Gasteiger partial charge >= 0.3 is 0 Å². The van der Waals surface area contributed by atoms with Gasteiger partial charge in [-0.3, -0.25) is 4.98 Å². The Balaban J connectivity index is 1.92. The minimum Gasteiger partial charge on any atom is -0.486 e. The number of aryl methyl sites for hydroxylation is 3. The van der Waals surface area contributed by atoms with E-state index in [4.69, 9.17) is 21.1 Å². The van der Waals surface area contributed by atoms with Crippen molar-refractivity contribution in [3.63, 3.8) is 0 Å². The summed E-state index contributed by atoms with van der Waals surface area (Å²) < 4.78 is 35.6. The highest BCUT2D eigenvalue weighted by Gasteiger charge is 2.39. The maximum atomic E-state index is 12.3. The lowest BCUT2D eigenvalue weighted by Crippen LogP contribution is -2.32. The van der Waals surface area contributed by atoms with Crippen LogP contribution in [0.4, 0.5) is 0 Å². The summed E-state index contributed by atoms with van der Waals surface area (Å²) in [5.41, 5.74) is 1.75. The van der Waals surface area contributed by atoms with Gasteiger partial charge in [-0.25, -0.2) is 18.1 Å². The van der Waals surface area contributed by atoms with E-state index in [-0.39, 0.29) is 29.0 Å². The first-order valence-corrected chi connectivity index (χ1v) is 13.4. The first-order valence-electron chi connectivity index (χ1n) is 11.0. The lowest BCUT2D eigenvalue weighted by Gasteiger charge is -2.30. The van der Waals surface area contributed by atoms with Crippen LogP contribution in [0.3, 0.4) is 0 Å². The molecule has 190 valence electrons. The molecule has 0 spiro atoms. The van der Waals surface area contributed by atoms with Crippen molar-refractivity contribution in [2.75, 3.05) is 25.7 Å². The van der Waals surface area contributed by atoms with Gasteiger partial charge in [0.1, 0.15) is 6.61 Å². The molecule has 0 radical (unpaired) electrons. The number of methoxy groups -OCH3 is 1. The summed E-state index contributed by atoms with van der Waals surface area (Å²) in [5, 5.41) is 20.9. The van der Waals surface area contributed by atoms with Gasteiger partial charge in [-0.2, -0.15) is 0 Å². The van der Waals surface area contributed by atoms with Crippen LogP contribution < -0.4 is 9.47 Å². The lowest BCUT2D eigenvalue weighted by molar-refractivity contribution is 0.115. The quantitative estimate of drug-likeness (QED) is 0.364. The Bertz CT molecular complexity index is 1560. The van der Waals surface area contributed by atoms with Crippen molar-refractivity contribution >= 4 is 32.3 Å². The highest BCUT2D eigenvalue weighted by Crippen LogP contribution is 2.43. The van der Waals surface area contributed by atoms with Gasteiger partial charge < -0.3 is 14.6 Å². The molecule has 12 heteroatoms. The molecule has 1 aromatic carbocycles. The highest BCUT2D eigenvalue weighted by atomic mass is 35.5. The van der Waals surface area contributed by atoms with E-state index in [0.29, 0.717) is 33.4 Å². The topological polar surface area (TPSA) is 129 Å². The van der Waals surface area contributed by atoms with Gasteiger partial charge in [0.15, 0.2) is 15.4 Å². The van der Waals surface area contributed by atoms with E-state index >= 15 is 0 Å². The van der Waals surface area contributed by atoms with Crippen LogP contribution in [-0.4, -0.2) is 64.2 Å². The first kappa shape index (κ1) is 25.8. The van der Waals surface area contributed by atoms with Gasteiger partial charge in [-0.05, 0) is 37.6 Å². The van der Waals surface area contributed by atoms with Gasteiger partial charge in [0.05, 0.1) is 35.3 Å². The predicted molar refractivity (Wildman–Crippen MR) is 135 cm³/mol. The molecule has 1 N–H and O–H groups in total. The van der Waals surface area contributed by atoms with Crippen molar-refractivity contribution in [3.05, 3.63) is 69.8 Å². The molecule has 3 aromatic heterocycles. The molecular weight excluding hydrogens is 506 g/mol. The fourth-order valence-corrected chi connectivity index (χ4v) is 4.77. The number of halogens is 1. The molecule has 1 unspecified atom stereocenters. The molecule has 3 heterocycles. The van der Waals surface area contributed by atoms with Gasteiger partial charge in [0, 0.05) is 35.6 Å². The monoisotopic (exact) mass is 531 g/mol. The van der Waals surface area contributed by atoms with Gasteiger partial charge in [0.2, 0.25) is 5.75 Å². The summed E-state index contributed by atoms with van der Waals surface area (Å²) in [6, 6.07) is 8.81. The van der Waals surface area contributed by atoms with E-state index in [0.717, 1.165) is 11.9 Å². The molecule has 1 atom stereocenters. The Morgan fingerprint density at radius 1 is 1.17 bits per heavy atom. The normalized spacial score (nSPS) is 13.5. The average Bonchev–Trinajstić information content (AvgIpc) is 3.25. The molecule has 0 amide bonds.